The third kappa shape index (κ3) is 2.70. The molecule has 0 aliphatic heterocycles. The zero-order valence-electron chi connectivity index (χ0n) is 20.2. The van der Waals surface area contributed by atoms with Crippen LogP contribution in [0.2, 0.25) is 13.1 Å². The molecule has 6 aromatic rings. The van der Waals surface area contributed by atoms with Crippen LogP contribution >= 0.6 is 0 Å². The van der Waals surface area contributed by atoms with E-state index in [1.165, 1.54) is 54.1 Å². The Hall–Kier alpha value is -3.37. The van der Waals surface area contributed by atoms with Gasteiger partial charge in [-0.2, -0.15) is 0 Å². The molecule has 3 aromatic carbocycles. The first-order valence-corrected chi connectivity index (χ1v) is 14.6. The molecule has 0 aliphatic rings. The minimum absolute atomic E-state index is 0.980. The Balaban J connectivity index is 1.79. The van der Waals surface area contributed by atoms with Crippen LogP contribution in [0.25, 0.3) is 43.7 Å². The quantitative estimate of drug-likeness (QED) is 0.148. The zero-order valence-corrected chi connectivity index (χ0v) is 21.2. The maximum absolute atomic E-state index is 6.82. The zero-order chi connectivity index (χ0) is 23.1. The highest BCUT2D eigenvalue weighted by Gasteiger charge is 2.28. The van der Waals surface area contributed by atoms with Crippen molar-refractivity contribution in [3.05, 3.63) is 78.1 Å². The average Bonchev–Trinajstić information content (AvgIpc) is 3.21. The standard InChI is InChI=1S/C29H29N2OSi/c1-18-23-13-15-30(3)27(23)19(2)29-25(18)28-26-20(12-14-31(28)4)16-22(17-24(26)32-29)33(5,6)21-10-8-7-9-11-21/h7-17H,1-6H3/q+1. The van der Waals surface area contributed by atoms with Gasteiger partial charge in [0.1, 0.15) is 26.3 Å². The van der Waals surface area contributed by atoms with Gasteiger partial charge in [0, 0.05) is 30.1 Å². The Labute approximate surface area is 194 Å². The predicted molar refractivity (Wildman–Crippen MR) is 142 cm³/mol. The lowest BCUT2D eigenvalue weighted by atomic mass is 9.97. The number of hydrogen-bond acceptors (Lipinski definition) is 1. The Kier molecular flexibility index (Phi) is 4.18. The molecule has 0 bridgehead atoms. The minimum Gasteiger partial charge on any atom is -0.455 e. The molecule has 0 aliphatic carbocycles. The van der Waals surface area contributed by atoms with Gasteiger partial charge in [-0.3, -0.25) is 0 Å². The van der Waals surface area contributed by atoms with E-state index in [4.69, 9.17) is 4.42 Å². The van der Waals surface area contributed by atoms with Gasteiger partial charge in [-0.1, -0.05) is 59.9 Å². The highest BCUT2D eigenvalue weighted by atomic mass is 28.3. The molecule has 164 valence electrons. The van der Waals surface area contributed by atoms with Crippen molar-refractivity contribution in [1.29, 1.82) is 0 Å². The summed E-state index contributed by atoms with van der Waals surface area (Å²) in [5.41, 5.74) is 6.96. The molecule has 0 unspecified atom stereocenters. The molecule has 33 heavy (non-hydrogen) atoms. The number of rotatable bonds is 2. The van der Waals surface area contributed by atoms with Crippen molar-refractivity contribution in [3.63, 3.8) is 0 Å². The highest BCUT2D eigenvalue weighted by Crippen LogP contribution is 2.39. The largest absolute Gasteiger partial charge is 0.455 e. The van der Waals surface area contributed by atoms with Gasteiger partial charge in [0.15, 0.2) is 6.20 Å². The molecule has 0 spiro atoms. The van der Waals surface area contributed by atoms with Crippen molar-refractivity contribution in [1.82, 2.24) is 4.57 Å². The SMILES string of the molecule is Cc1c2cc[n+](C)c2c(C)c2oc3cc([Si](C)(C)c4ccccc4)cc4ccn(C)c(c12)c43. The normalized spacial score (nSPS) is 12.5. The van der Waals surface area contributed by atoms with E-state index in [-0.39, 0.29) is 0 Å². The van der Waals surface area contributed by atoms with E-state index in [2.05, 4.69) is 117 Å². The van der Waals surface area contributed by atoms with Crippen LogP contribution in [0.5, 0.6) is 0 Å². The summed E-state index contributed by atoms with van der Waals surface area (Å²) in [4.78, 5) is 0. The van der Waals surface area contributed by atoms with Gasteiger partial charge in [0.05, 0.1) is 16.5 Å². The number of nitrogens with zero attached hydrogens (tertiary/aromatic N) is 2. The van der Waals surface area contributed by atoms with Crippen molar-refractivity contribution < 1.29 is 8.98 Å². The van der Waals surface area contributed by atoms with Crippen LogP contribution in [0, 0.1) is 13.8 Å². The van der Waals surface area contributed by atoms with Gasteiger partial charge < -0.3 is 8.98 Å². The summed E-state index contributed by atoms with van der Waals surface area (Å²) in [5, 5.41) is 7.82. The van der Waals surface area contributed by atoms with E-state index < -0.39 is 8.07 Å². The fourth-order valence-corrected chi connectivity index (χ4v) is 8.02. The van der Waals surface area contributed by atoms with Crippen LogP contribution in [0.1, 0.15) is 11.1 Å². The second-order valence-electron chi connectivity index (χ2n) is 9.95. The molecular formula is C29H29N2OSi+. The minimum atomic E-state index is -1.88. The van der Waals surface area contributed by atoms with Crippen molar-refractivity contribution in [2.75, 3.05) is 0 Å². The summed E-state index contributed by atoms with van der Waals surface area (Å²) in [6.07, 6.45) is 4.34. The van der Waals surface area contributed by atoms with E-state index in [1.54, 1.807) is 0 Å². The molecule has 3 nitrogen and oxygen atoms in total. The molecule has 0 atom stereocenters. The van der Waals surface area contributed by atoms with E-state index in [0.717, 1.165) is 11.2 Å². The first kappa shape index (κ1) is 20.2. The molecular weight excluding hydrogens is 420 g/mol. The second kappa shape index (κ2) is 6.81. The summed E-state index contributed by atoms with van der Waals surface area (Å²) < 4.78 is 11.3. The monoisotopic (exact) mass is 449 g/mol. The number of hydrogen-bond donors (Lipinski definition) is 0. The van der Waals surface area contributed by atoms with Crippen molar-refractivity contribution in [2.45, 2.75) is 26.9 Å². The van der Waals surface area contributed by atoms with Crippen molar-refractivity contribution >= 4 is 62.2 Å². The fourth-order valence-electron chi connectivity index (χ4n) is 5.65. The van der Waals surface area contributed by atoms with Gasteiger partial charge >= 0.3 is 0 Å². The first-order chi connectivity index (χ1) is 15.8. The summed E-state index contributed by atoms with van der Waals surface area (Å²) in [6.45, 7) is 9.28. The molecule has 4 heteroatoms. The van der Waals surface area contributed by atoms with Gasteiger partial charge in [-0.15, -0.1) is 0 Å². The smallest absolute Gasteiger partial charge is 0.219 e. The number of aryl methyl sites for hydroxylation is 4. The molecule has 0 amide bonds. The lowest BCUT2D eigenvalue weighted by molar-refractivity contribution is -0.642. The third-order valence-electron chi connectivity index (χ3n) is 7.64. The Bertz CT molecular complexity index is 1720. The Morgan fingerprint density at radius 2 is 1.64 bits per heavy atom. The van der Waals surface area contributed by atoms with Crippen LogP contribution in [-0.2, 0) is 14.1 Å². The number of benzene rings is 3. The van der Waals surface area contributed by atoms with Crippen molar-refractivity contribution in [2.24, 2.45) is 14.1 Å². The van der Waals surface area contributed by atoms with Crippen LogP contribution in [0.15, 0.2) is 71.4 Å². The molecule has 3 aromatic heterocycles. The highest BCUT2D eigenvalue weighted by molar-refractivity contribution is 7.00. The van der Waals surface area contributed by atoms with Gasteiger partial charge in [0.2, 0.25) is 5.52 Å². The summed E-state index contributed by atoms with van der Waals surface area (Å²) in [6, 6.07) is 20.1. The van der Waals surface area contributed by atoms with Gasteiger partial charge in [-0.05, 0) is 36.9 Å². The van der Waals surface area contributed by atoms with E-state index >= 15 is 0 Å². The summed E-state index contributed by atoms with van der Waals surface area (Å²) in [5.74, 6) is 0. The molecule has 3 heterocycles. The predicted octanol–water partition coefficient (Wildman–Crippen LogP) is 5.49. The van der Waals surface area contributed by atoms with Crippen molar-refractivity contribution in [3.8, 4) is 0 Å². The average molecular weight is 450 g/mol. The van der Waals surface area contributed by atoms with Gasteiger partial charge in [-0.25, -0.2) is 4.57 Å². The van der Waals surface area contributed by atoms with E-state index in [1.807, 2.05) is 0 Å². The van der Waals surface area contributed by atoms with Crippen LogP contribution in [0.3, 0.4) is 0 Å². The van der Waals surface area contributed by atoms with Gasteiger partial charge in [0.25, 0.3) is 0 Å². The second-order valence-corrected chi connectivity index (χ2v) is 14.4. The Morgan fingerprint density at radius 3 is 2.39 bits per heavy atom. The number of aromatic nitrogens is 2. The summed E-state index contributed by atoms with van der Waals surface area (Å²) in [7, 11) is 2.39. The van der Waals surface area contributed by atoms with Crippen LogP contribution in [0.4, 0.5) is 0 Å². The lowest BCUT2D eigenvalue weighted by Crippen LogP contribution is -2.52. The van der Waals surface area contributed by atoms with E-state index in [9.17, 15) is 0 Å². The van der Waals surface area contributed by atoms with Crippen LogP contribution < -0.4 is 14.9 Å². The van der Waals surface area contributed by atoms with E-state index in [0.29, 0.717) is 0 Å². The topological polar surface area (TPSA) is 21.9 Å². The Morgan fingerprint density at radius 1 is 0.879 bits per heavy atom. The lowest BCUT2D eigenvalue weighted by Gasteiger charge is -2.25. The molecule has 6 rings (SSSR count). The maximum Gasteiger partial charge on any atom is 0.219 e. The van der Waals surface area contributed by atoms with Crippen LogP contribution in [-0.4, -0.2) is 12.6 Å². The summed E-state index contributed by atoms with van der Waals surface area (Å²) >= 11 is 0. The molecule has 0 N–H and O–H groups in total. The number of pyridine rings is 1. The first-order valence-electron chi connectivity index (χ1n) is 11.6. The fraction of sp³-hybridized carbons (Fsp3) is 0.207. The third-order valence-corrected chi connectivity index (χ3v) is 11.1. The maximum atomic E-state index is 6.82. The molecule has 0 saturated carbocycles. The molecule has 0 saturated heterocycles. The molecule has 0 fully saturated rings. The number of fused-ring (bicyclic) bond motifs is 3. The molecule has 0 radical (unpaired) electrons.